The molecule has 0 fully saturated rings. The molecule has 1 aromatic heterocycles. The summed E-state index contributed by atoms with van der Waals surface area (Å²) in [7, 11) is 0. The Hall–Kier alpha value is -1.30. The molecule has 1 aromatic rings. The van der Waals surface area contributed by atoms with Crippen molar-refractivity contribution in [1.29, 1.82) is 5.26 Å². The van der Waals surface area contributed by atoms with Crippen molar-refractivity contribution in [2.75, 3.05) is 0 Å². The fourth-order valence-corrected chi connectivity index (χ4v) is 0.574. The molecule has 0 aliphatic heterocycles. The molecule has 0 aliphatic rings. The van der Waals surface area contributed by atoms with Crippen molar-refractivity contribution in [3.8, 4) is 6.07 Å². The minimum Gasteiger partial charge on any atom is -0.361 e. The van der Waals surface area contributed by atoms with E-state index in [1.54, 1.807) is 13.1 Å². The second-order valence-corrected chi connectivity index (χ2v) is 1.74. The summed E-state index contributed by atoms with van der Waals surface area (Å²) in [6.45, 7) is 1.79. The Labute approximate surface area is 52.9 Å². The lowest BCUT2D eigenvalue weighted by Crippen LogP contribution is -1.78. The van der Waals surface area contributed by atoms with E-state index in [2.05, 4.69) is 5.16 Å². The number of aromatic nitrogens is 1. The molecule has 0 atom stereocenters. The molecule has 9 heavy (non-hydrogen) atoms. The van der Waals surface area contributed by atoms with Crippen LogP contribution in [0.2, 0.25) is 0 Å². The van der Waals surface area contributed by atoms with Gasteiger partial charge in [0.1, 0.15) is 5.76 Å². The third-order valence-electron chi connectivity index (χ3n) is 1.12. The molecule has 0 aromatic carbocycles. The van der Waals surface area contributed by atoms with Crippen LogP contribution < -0.4 is 0 Å². The van der Waals surface area contributed by atoms with Gasteiger partial charge in [0.2, 0.25) is 0 Å². The average molecular weight is 122 g/mol. The number of nitriles is 1. The van der Waals surface area contributed by atoms with Gasteiger partial charge in [0, 0.05) is 5.56 Å². The van der Waals surface area contributed by atoms with E-state index >= 15 is 0 Å². The summed E-state index contributed by atoms with van der Waals surface area (Å²) in [5.41, 5.74) is 0.873. The predicted octanol–water partition coefficient (Wildman–Crippen LogP) is 1.05. The maximum absolute atomic E-state index is 8.24. The molecular weight excluding hydrogens is 116 g/mol. The van der Waals surface area contributed by atoms with Crippen LogP contribution in [0.1, 0.15) is 11.3 Å². The number of hydrogen-bond acceptors (Lipinski definition) is 3. The van der Waals surface area contributed by atoms with Gasteiger partial charge in [-0.2, -0.15) is 5.26 Å². The zero-order valence-corrected chi connectivity index (χ0v) is 5.09. The summed E-state index contributed by atoms with van der Waals surface area (Å²) in [5.74, 6) is 0.733. The summed E-state index contributed by atoms with van der Waals surface area (Å²) in [6.07, 6.45) is 1.95. The first-order valence-corrected chi connectivity index (χ1v) is 2.61. The molecule has 0 unspecified atom stereocenters. The van der Waals surface area contributed by atoms with E-state index in [9.17, 15) is 0 Å². The van der Waals surface area contributed by atoms with Crippen LogP contribution in [0, 0.1) is 18.3 Å². The molecule has 1 rings (SSSR count). The van der Waals surface area contributed by atoms with E-state index in [1.807, 2.05) is 6.07 Å². The molecule has 0 N–H and O–H groups in total. The lowest BCUT2D eigenvalue weighted by molar-refractivity contribution is 0.396. The summed E-state index contributed by atoms with van der Waals surface area (Å²) in [4.78, 5) is 0. The van der Waals surface area contributed by atoms with Gasteiger partial charge in [0.25, 0.3) is 0 Å². The third-order valence-corrected chi connectivity index (χ3v) is 1.12. The van der Waals surface area contributed by atoms with Crippen molar-refractivity contribution < 1.29 is 4.52 Å². The average Bonchev–Trinajstić information content (AvgIpc) is 2.18. The fourth-order valence-electron chi connectivity index (χ4n) is 0.574. The van der Waals surface area contributed by atoms with Crippen LogP contribution in [0.3, 0.4) is 0 Å². The number of nitrogens with zero attached hydrogens (tertiary/aromatic N) is 2. The van der Waals surface area contributed by atoms with Crippen LogP contribution in [-0.4, -0.2) is 5.16 Å². The molecule has 0 spiro atoms. The van der Waals surface area contributed by atoms with Crippen molar-refractivity contribution in [2.24, 2.45) is 0 Å². The molecule has 1 heterocycles. The van der Waals surface area contributed by atoms with E-state index < -0.39 is 0 Å². The zero-order valence-electron chi connectivity index (χ0n) is 5.09. The first-order chi connectivity index (χ1) is 4.34. The van der Waals surface area contributed by atoms with Crippen LogP contribution >= 0.6 is 0 Å². The monoisotopic (exact) mass is 122 g/mol. The van der Waals surface area contributed by atoms with Crippen molar-refractivity contribution in [3.05, 3.63) is 17.5 Å². The van der Waals surface area contributed by atoms with Gasteiger partial charge < -0.3 is 4.52 Å². The lowest BCUT2D eigenvalue weighted by Gasteiger charge is -1.81. The van der Waals surface area contributed by atoms with Crippen LogP contribution in [0.4, 0.5) is 0 Å². The van der Waals surface area contributed by atoms with Gasteiger partial charge in [-0.1, -0.05) is 5.16 Å². The van der Waals surface area contributed by atoms with Crippen molar-refractivity contribution in [1.82, 2.24) is 5.16 Å². The van der Waals surface area contributed by atoms with Gasteiger partial charge in [-0.15, -0.1) is 0 Å². The van der Waals surface area contributed by atoms with Gasteiger partial charge in [0.15, 0.2) is 0 Å². The summed E-state index contributed by atoms with van der Waals surface area (Å²) < 4.78 is 4.72. The topological polar surface area (TPSA) is 49.8 Å². The van der Waals surface area contributed by atoms with E-state index in [-0.39, 0.29) is 0 Å². The van der Waals surface area contributed by atoms with Crippen molar-refractivity contribution in [2.45, 2.75) is 13.3 Å². The lowest BCUT2D eigenvalue weighted by atomic mass is 10.2. The summed E-state index contributed by atoms with van der Waals surface area (Å²) in [5, 5.41) is 11.8. The molecular formula is C6H6N2O. The Bertz CT molecular complexity index is 233. The Balaban J connectivity index is 2.84. The molecule has 0 bridgehead atoms. The summed E-state index contributed by atoms with van der Waals surface area (Å²) in [6, 6.07) is 2.01. The second kappa shape index (κ2) is 2.31. The zero-order chi connectivity index (χ0) is 6.69. The molecule has 0 aliphatic carbocycles. The quantitative estimate of drug-likeness (QED) is 0.559. The Morgan fingerprint density at radius 2 is 2.67 bits per heavy atom. The molecule has 3 heteroatoms. The number of aryl methyl sites for hydroxylation is 1. The first kappa shape index (κ1) is 5.83. The van der Waals surface area contributed by atoms with Crippen LogP contribution in [0.25, 0.3) is 0 Å². The maximum atomic E-state index is 8.24. The smallest absolute Gasteiger partial charge is 0.137 e. The normalized spacial score (nSPS) is 8.89. The van der Waals surface area contributed by atoms with Crippen molar-refractivity contribution in [3.63, 3.8) is 0 Å². The van der Waals surface area contributed by atoms with Gasteiger partial charge in [-0.05, 0) is 6.92 Å². The Kier molecular flexibility index (Phi) is 1.50. The van der Waals surface area contributed by atoms with Crippen LogP contribution in [0.5, 0.6) is 0 Å². The Morgan fingerprint density at radius 3 is 3.11 bits per heavy atom. The number of rotatable bonds is 1. The van der Waals surface area contributed by atoms with Gasteiger partial charge >= 0.3 is 0 Å². The molecule has 0 amide bonds. The largest absolute Gasteiger partial charge is 0.361 e. The first-order valence-electron chi connectivity index (χ1n) is 2.61. The van der Waals surface area contributed by atoms with Crippen molar-refractivity contribution >= 4 is 0 Å². The van der Waals surface area contributed by atoms with E-state index in [1.165, 1.54) is 0 Å². The molecule has 3 nitrogen and oxygen atoms in total. The van der Waals surface area contributed by atoms with Gasteiger partial charge in [0.05, 0.1) is 18.7 Å². The third kappa shape index (κ3) is 1.08. The van der Waals surface area contributed by atoms with E-state index in [4.69, 9.17) is 9.78 Å². The SMILES string of the molecule is Cc1oncc1CC#N. The molecule has 0 radical (unpaired) electrons. The molecule has 46 valence electrons. The van der Waals surface area contributed by atoms with Gasteiger partial charge in [-0.25, -0.2) is 0 Å². The molecule has 0 saturated heterocycles. The highest BCUT2D eigenvalue weighted by molar-refractivity contribution is 5.15. The minimum absolute atomic E-state index is 0.384. The highest BCUT2D eigenvalue weighted by Crippen LogP contribution is 2.04. The second-order valence-electron chi connectivity index (χ2n) is 1.74. The van der Waals surface area contributed by atoms with Gasteiger partial charge in [-0.3, -0.25) is 0 Å². The van der Waals surface area contributed by atoms with E-state index in [0.29, 0.717) is 6.42 Å². The number of hydrogen-bond donors (Lipinski definition) is 0. The Morgan fingerprint density at radius 1 is 1.89 bits per heavy atom. The predicted molar refractivity (Wildman–Crippen MR) is 30.6 cm³/mol. The highest BCUT2D eigenvalue weighted by atomic mass is 16.5. The fraction of sp³-hybridized carbons (Fsp3) is 0.333. The molecule has 0 saturated carbocycles. The summed E-state index contributed by atoms with van der Waals surface area (Å²) >= 11 is 0. The van der Waals surface area contributed by atoms with Crippen LogP contribution in [0.15, 0.2) is 10.7 Å². The standard InChI is InChI=1S/C6H6N2O/c1-5-6(2-3-7)4-8-9-5/h4H,2H2,1H3. The maximum Gasteiger partial charge on any atom is 0.137 e. The minimum atomic E-state index is 0.384. The van der Waals surface area contributed by atoms with E-state index in [0.717, 1.165) is 11.3 Å². The van der Waals surface area contributed by atoms with Crippen LogP contribution in [-0.2, 0) is 6.42 Å². The highest BCUT2D eigenvalue weighted by Gasteiger charge is 1.99.